The van der Waals surface area contributed by atoms with E-state index in [1.165, 1.54) is 54.7 Å². The van der Waals surface area contributed by atoms with Gasteiger partial charge in [-0.3, -0.25) is 4.72 Å². The maximum Gasteiger partial charge on any atom is 0.435 e. The average Bonchev–Trinajstić information content (AvgIpc) is 3.13. The highest BCUT2D eigenvalue weighted by Gasteiger charge is 2.33. The van der Waals surface area contributed by atoms with Crippen LogP contribution in [0.5, 0.6) is 0 Å². The number of rotatable bonds is 4. The fraction of sp³-hybridized carbons (Fsp3) is 0.0588. The van der Waals surface area contributed by atoms with Crippen LogP contribution < -0.4 is 4.72 Å². The van der Waals surface area contributed by atoms with Crippen molar-refractivity contribution in [1.82, 2.24) is 9.78 Å². The Kier molecular flexibility index (Phi) is 4.63. The van der Waals surface area contributed by atoms with Gasteiger partial charge in [-0.2, -0.15) is 23.5 Å². The molecule has 0 radical (unpaired) electrons. The zero-order valence-corrected chi connectivity index (χ0v) is 14.3. The van der Waals surface area contributed by atoms with Crippen molar-refractivity contribution in [3.8, 4) is 11.8 Å². The molecule has 27 heavy (non-hydrogen) atoms. The number of sulfonamides is 1. The van der Waals surface area contributed by atoms with Crippen molar-refractivity contribution in [3.63, 3.8) is 0 Å². The van der Waals surface area contributed by atoms with Gasteiger partial charge in [-0.1, -0.05) is 0 Å². The third-order valence-corrected chi connectivity index (χ3v) is 4.95. The van der Waals surface area contributed by atoms with Crippen LogP contribution >= 0.6 is 0 Å². The Balaban J connectivity index is 1.79. The second-order valence-electron chi connectivity index (χ2n) is 5.43. The molecule has 0 aliphatic rings. The van der Waals surface area contributed by atoms with Crippen LogP contribution in [-0.2, 0) is 16.2 Å². The van der Waals surface area contributed by atoms with Crippen LogP contribution in [0.4, 0.5) is 18.9 Å². The van der Waals surface area contributed by atoms with Crippen molar-refractivity contribution < 1.29 is 21.6 Å². The lowest BCUT2D eigenvalue weighted by atomic mass is 10.2. The van der Waals surface area contributed by atoms with Gasteiger partial charge in [0.15, 0.2) is 5.69 Å². The van der Waals surface area contributed by atoms with E-state index in [2.05, 4.69) is 9.82 Å². The molecular weight excluding hydrogens is 381 g/mol. The van der Waals surface area contributed by atoms with Crippen LogP contribution in [-0.4, -0.2) is 18.2 Å². The Morgan fingerprint density at radius 3 is 2.15 bits per heavy atom. The lowest BCUT2D eigenvalue weighted by molar-refractivity contribution is -0.141. The first kappa shape index (κ1) is 18.5. The second kappa shape index (κ2) is 6.77. The van der Waals surface area contributed by atoms with Crippen LogP contribution in [0.1, 0.15) is 11.3 Å². The minimum atomic E-state index is -4.54. The zero-order valence-electron chi connectivity index (χ0n) is 13.5. The van der Waals surface area contributed by atoms with E-state index in [1.807, 2.05) is 6.07 Å². The SMILES string of the molecule is N#Cc1ccc(S(=O)(=O)Nc2ccc(-n3ccc(C(F)(F)F)n3)cc2)cc1. The minimum Gasteiger partial charge on any atom is -0.280 e. The van der Waals surface area contributed by atoms with Crippen molar-refractivity contribution in [3.05, 3.63) is 72.1 Å². The van der Waals surface area contributed by atoms with E-state index in [4.69, 9.17) is 5.26 Å². The molecule has 0 spiro atoms. The lowest BCUT2D eigenvalue weighted by Gasteiger charge is -2.09. The Morgan fingerprint density at radius 1 is 1.00 bits per heavy atom. The average molecular weight is 392 g/mol. The van der Waals surface area contributed by atoms with Gasteiger partial charge >= 0.3 is 6.18 Å². The molecule has 0 bridgehead atoms. The van der Waals surface area contributed by atoms with Gasteiger partial charge in [-0.25, -0.2) is 13.1 Å². The molecule has 1 heterocycles. The Morgan fingerprint density at radius 2 is 1.63 bits per heavy atom. The van der Waals surface area contributed by atoms with Crippen LogP contribution in [0.3, 0.4) is 0 Å². The first-order valence-corrected chi connectivity index (χ1v) is 8.94. The summed E-state index contributed by atoms with van der Waals surface area (Å²) >= 11 is 0. The van der Waals surface area contributed by atoms with Crippen LogP contribution in [0.15, 0.2) is 65.7 Å². The Hall–Kier alpha value is -3.32. The molecule has 6 nitrogen and oxygen atoms in total. The van der Waals surface area contributed by atoms with E-state index in [0.29, 0.717) is 11.3 Å². The summed E-state index contributed by atoms with van der Waals surface area (Å²) in [6.07, 6.45) is -3.37. The molecule has 0 saturated heterocycles. The molecule has 0 aliphatic heterocycles. The first-order valence-electron chi connectivity index (χ1n) is 7.45. The van der Waals surface area contributed by atoms with Crippen LogP contribution in [0.2, 0.25) is 0 Å². The number of anilines is 1. The van der Waals surface area contributed by atoms with E-state index >= 15 is 0 Å². The summed E-state index contributed by atoms with van der Waals surface area (Å²) in [5.74, 6) is 0. The molecule has 0 fully saturated rings. The quantitative estimate of drug-likeness (QED) is 0.735. The van der Waals surface area contributed by atoms with Crippen LogP contribution in [0, 0.1) is 11.3 Å². The predicted octanol–water partition coefficient (Wildman–Crippen LogP) is 3.56. The maximum absolute atomic E-state index is 12.6. The first-order chi connectivity index (χ1) is 12.7. The molecule has 10 heteroatoms. The number of nitrogens with zero attached hydrogens (tertiary/aromatic N) is 3. The summed E-state index contributed by atoms with van der Waals surface area (Å²) in [5.41, 5.74) is -0.123. The van der Waals surface area contributed by atoms with Gasteiger partial charge in [-0.15, -0.1) is 0 Å². The van der Waals surface area contributed by atoms with Crippen molar-refractivity contribution in [1.29, 1.82) is 5.26 Å². The summed E-state index contributed by atoms with van der Waals surface area (Å²) in [5, 5.41) is 12.2. The number of aromatic nitrogens is 2. The number of benzene rings is 2. The smallest absolute Gasteiger partial charge is 0.280 e. The summed E-state index contributed by atoms with van der Waals surface area (Å²) in [6, 6.07) is 13.8. The number of hydrogen-bond acceptors (Lipinski definition) is 4. The normalized spacial score (nSPS) is 11.8. The zero-order chi connectivity index (χ0) is 19.7. The van der Waals surface area contributed by atoms with E-state index in [0.717, 1.165) is 10.7 Å². The van der Waals surface area contributed by atoms with Crippen molar-refractivity contribution in [2.45, 2.75) is 11.1 Å². The molecule has 1 aromatic heterocycles. The molecule has 2 aromatic carbocycles. The number of hydrogen-bond donors (Lipinski definition) is 1. The van der Waals surface area contributed by atoms with Gasteiger partial charge in [0.1, 0.15) is 0 Å². The van der Waals surface area contributed by atoms with Crippen molar-refractivity contribution >= 4 is 15.7 Å². The molecule has 3 rings (SSSR count). The number of nitrogens with one attached hydrogen (secondary N) is 1. The molecule has 0 unspecified atom stereocenters. The molecular formula is C17H11F3N4O2S. The minimum absolute atomic E-state index is 0.0209. The Bertz CT molecular complexity index is 1100. The summed E-state index contributed by atoms with van der Waals surface area (Å²) in [7, 11) is -3.86. The monoisotopic (exact) mass is 392 g/mol. The van der Waals surface area contributed by atoms with Gasteiger partial charge < -0.3 is 0 Å². The van der Waals surface area contributed by atoms with Gasteiger partial charge in [0.05, 0.1) is 22.2 Å². The van der Waals surface area contributed by atoms with E-state index in [1.54, 1.807) is 0 Å². The lowest BCUT2D eigenvalue weighted by Crippen LogP contribution is -2.13. The van der Waals surface area contributed by atoms with Crippen molar-refractivity contribution in [2.24, 2.45) is 0 Å². The topological polar surface area (TPSA) is 87.8 Å². The third-order valence-electron chi connectivity index (χ3n) is 3.56. The molecule has 1 N–H and O–H groups in total. The molecule has 0 atom stereocenters. The summed E-state index contributed by atoms with van der Waals surface area (Å²) in [4.78, 5) is -0.0209. The summed E-state index contributed by atoms with van der Waals surface area (Å²) in [6.45, 7) is 0. The van der Waals surface area contributed by atoms with Crippen LogP contribution in [0.25, 0.3) is 5.69 Å². The molecule has 0 aliphatic carbocycles. The predicted molar refractivity (Wildman–Crippen MR) is 90.5 cm³/mol. The highest BCUT2D eigenvalue weighted by molar-refractivity contribution is 7.92. The van der Waals surface area contributed by atoms with E-state index < -0.39 is 21.9 Å². The van der Waals surface area contributed by atoms with Gasteiger partial charge in [0.25, 0.3) is 10.0 Å². The van der Waals surface area contributed by atoms with E-state index in [9.17, 15) is 21.6 Å². The number of nitriles is 1. The van der Waals surface area contributed by atoms with Crippen molar-refractivity contribution in [2.75, 3.05) is 4.72 Å². The van der Waals surface area contributed by atoms with Gasteiger partial charge in [0.2, 0.25) is 0 Å². The fourth-order valence-corrected chi connectivity index (χ4v) is 3.28. The standard InChI is InChI=1S/C17H11F3N4O2S/c18-17(19,20)16-9-10-24(22-16)14-5-3-13(4-6-14)23-27(25,26)15-7-1-12(11-21)2-8-15/h1-10,23H. The van der Waals surface area contributed by atoms with E-state index in [-0.39, 0.29) is 10.6 Å². The fourth-order valence-electron chi connectivity index (χ4n) is 2.22. The highest BCUT2D eigenvalue weighted by atomic mass is 32.2. The molecule has 0 saturated carbocycles. The van der Waals surface area contributed by atoms with Gasteiger partial charge in [0, 0.05) is 11.9 Å². The molecule has 3 aromatic rings. The van der Waals surface area contributed by atoms with Gasteiger partial charge in [-0.05, 0) is 54.6 Å². The third kappa shape index (κ3) is 4.09. The molecule has 138 valence electrons. The number of halogens is 3. The second-order valence-corrected chi connectivity index (χ2v) is 7.11. The Labute approximate surface area is 152 Å². The number of alkyl halides is 3. The molecule has 0 amide bonds. The highest BCUT2D eigenvalue weighted by Crippen LogP contribution is 2.28. The summed E-state index contributed by atoms with van der Waals surface area (Å²) < 4.78 is 65.9. The maximum atomic E-state index is 12.6. The largest absolute Gasteiger partial charge is 0.435 e.